The smallest absolute Gasteiger partial charge is 0.243 e. The minimum atomic E-state index is -3.57. The number of sulfonamides is 1. The van der Waals surface area contributed by atoms with E-state index in [-0.39, 0.29) is 22.8 Å². The zero-order valence-electron chi connectivity index (χ0n) is 16.2. The highest BCUT2D eigenvalue weighted by molar-refractivity contribution is 7.89. The van der Waals surface area contributed by atoms with E-state index in [9.17, 15) is 13.2 Å². The van der Waals surface area contributed by atoms with Gasteiger partial charge in [-0.2, -0.15) is 4.31 Å². The Balaban J connectivity index is 2.26. The standard InChI is InChI=1S/C19H31N3O3S/c1-5-22(6-2)26(24,25)16-10-13(3)14(4)18(12-16)21-19(23)11-15-8-7-9-17(15)20/h10,12,15,17H,5-9,11,20H2,1-4H3,(H,21,23)/t15-,17+/m0/s1. The lowest BCUT2D eigenvalue weighted by Crippen LogP contribution is -2.31. The summed E-state index contributed by atoms with van der Waals surface area (Å²) < 4.78 is 27.0. The highest BCUT2D eigenvalue weighted by Crippen LogP contribution is 2.29. The van der Waals surface area contributed by atoms with Crippen molar-refractivity contribution in [1.82, 2.24) is 4.31 Å². The van der Waals surface area contributed by atoms with E-state index in [0.29, 0.717) is 25.2 Å². The van der Waals surface area contributed by atoms with E-state index in [1.807, 2.05) is 27.7 Å². The van der Waals surface area contributed by atoms with Gasteiger partial charge in [-0.1, -0.05) is 20.3 Å². The maximum atomic E-state index is 12.8. The van der Waals surface area contributed by atoms with Crippen LogP contribution in [0.15, 0.2) is 17.0 Å². The predicted molar refractivity (Wildman–Crippen MR) is 105 cm³/mol. The SMILES string of the molecule is CCN(CC)S(=O)(=O)c1cc(C)c(C)c(NC(=O)C[C@@H]2CCC[C@H]2N)c1. The zero-order valence-corrected chi connectivity index (χ0v) is 17.0. The molecule has 6 nitrogen and oxygen atoms in total. The van der Waals surface area contributed by atoms with E-state index in [2.05, 4.69) is 5.32 Å². The van der Waals surface area contributed by atoms with Crippen molar-refractivity contribution in [2.45, 2.75) is 64.3 Å². The third-order valence-electron chi connectivity index (χ3n) is 5.42. The average Bonchev–Trinajstić information content (AvgIpc) is 2.97. The summed E-state index contributed by atoms with van der Waals surface area (Å²) in [5.41, 5.74) is 8.34. The first-order valence-corrected chi connectivity index (χ1v) is 10.8. The molecule has 0 aliphatic heterocycles. The van der Waals surface area contributed by atoms with Crippen LogP contribution in [0.2, 0.25) is 0 Å². The number of carbonyl (C=O) groups is 1. The minimum absolute atomic E-state index is 0.0814. The van der Waals surface area contributed by atoms with E-state index in [0.717, 1.165) is 30.4 Å². The van der Waals surface area contributed by atoms with Crippen LogP contribution in [0.5, 0.6) is 0 Å². The summed E-state index contributed by atoms with van der Waals surface area (Å²) in [5, 5.41) is 2.91. The molecular weight excluding hydrogens is 350 g/mol. The van der Waals surface area contributed by atoms with Crippen LogP contribution in [0.1, 0.15) is 50.7 Å². The number of nitrogens with zero attached hydrogens (tertiary/aromatic N) is 1. The number of amides is 1. The van der Waals surface area contributed by atoms with Gasteiger partial charge in [0, 0.05) is 31.2 Å². The van der Waals surface area contributed by atoms with Crippen molar-refractivity contribution in [3.8, 4) is 0 Å². The normalized spacial score (nSPS) is 20.5. The average molecular weight is 382 g/mol. The lowest BCUT2D eigenvalue weighted by molar-refractivity contribution is -0.117. The summed E-state index contributed by atoms with van der Waals surface area (Å²) in [6.07, 6.45) is 3.39. The summed E-state index contributed by atoms with van der Waals surface area (Å²) in [4.78, 5) is 12.7. The van der Waals surface area contributed by atoms with Crippen molar-refractivity contribution in [2.24, 2.45) is 11.7 Å². The Hall–Kier alpha value is -1.44. The first kappa shape index (κ1) is 20.9. The van der Waals surface area contributed by atoms with Gasteiger partial charge in [0.25, 0.3) is 0 Å². The lowest BCUT2D eigenvalue weighted by atomic mass is 9.99. The largest absolute Gasteiger partial charge is 0.327 e. The van der Waals surface area contributed by atoms with Crippen LogP contribution < -0.4 is 11.1 Å². The topological polar surface area (TPSA) is 92.5 Å². The van der Waals surface area contributed by atoms with Gasteiger partial charge in [-0.15, -0.1) is 0 Å². The molecule has 0 unspecified atom stereocenters. The van der Waals surface area contributed by atoms with Crippen LogP contribution >= 0.6 is 0 Å². The van der Waals surface area contributed by atoms with Gasteiger partial charge in [0.1, 0.15) is 0 Å². The van der Waals surface area contributed by atoms with E-state index in [1.165, 1.54) is 4.31 Å². The van der Waals surface area contributed by atoms with Crippen molar-refractivity contribution in [3.63, 3.8) is 0 Å². The molecule has 26 heavy (non-hydrogen) atoms. The Labute approximate surface area is 157 Å². The molecule has 0 spiro atoms. The number of hydrogen-bond acceptors (Lipinski definition) is 4. The van der Waals surface area contributed by atoms with Gasteiger partial charge in [0.15, 0.2) is 0 Å². The molecule has 0 aromatic heterocycles. The second-order valence-corrected chi connectivity index (χ2v) is 9.05. The van der Waals surface area contributed by atoms with Crippen molar-refractivity contribution >= 4 is 21.6 Å². The van der Waals surface area contributed by atoms with Crippen molar-refractivity contribution in [3.05, 3.63) is 23.3 Å². The van der Waals surface area contributed by atoms with Gasteiger partial charge in [0.05, 0.1) is 4.90 Å². The molecule has 1 aliphatic carbocycles. The van der Waals surface area contributed by atoms with Crippen LogP contribution in [0.3, 0.4) is 0 Å². The molecule has 2 rings (SSSR count). The second-order valence-electron chi connectivity index (χ2n) is 7.11. The molecule has 2 atom stereocenters. The number of hydrogen-bond donors (Lipinski definition) is 2. The van der Waals surface area contributed by atoms with Crippen molar-refractivity contribution in [1.29, 1.82) is 0 Å². The fourth-order valence-corrected chi connectivity index (χ4v) is 5.15. The van der Waals surface area contributed by atoms with Gasteiger partial charge in [0.2, 0.25) is 15.9 Å². The monoisotopic (exact) mass is 381 g/mol. The number of nitrogens with one attached hydrogen (secondary N) is 1. The maximum absolute atomic E-state index is 12.8. The van der Waals surface area contributed by atoms with E-state index >= 15 is 0 Å². The molecule has 3 N–H and O–H groups in total. The lowest BCUT2D eigenvalue weighted by Gasteiger charge is -2.21. The van der Waals surface area contributed by atoms with Gasteiger partial charge in [-0.25, -0.2) is 8.42 Å². The number of benzene rings is 1. The minimum Gasteiger partial charge on any atom is -0.327 e. The molecule has 0 saturated heterocycles. The number of aryl methyl sites for hydroxylation is 1. The first-order chi connectivity index (χ1) is 12.2. The fraction of sp³-hybridized carbons (Fsp3) is 0.632. The number of carbonyl (C=O) groups excluding carboxylic acids is 1. The molecule has 1 aromatic carbocycles. The number of anilines is 1. The summed E-state index contributed by atoms with van der Waals surface area (Å²) in [5.74, 6) is 0.103. The summed E-state index contributed by atoms with van der Waals surface area (Å²) in [6.45, 7) is 8.20. The molecule has 7 heteroatoms. The molecular formula is C19H31N3O3S. The molecule has 1 aromatic rings. The highest BCUT2D eigenvalue weighted by atomic mass is 32.2. The highest BCUT2D eigenvalue weighted by Gasteiger charge is 2.27. The Kier molecular flexibility index (Phi) is 6.82. The summed E-state index contributed by atoms with van der Waals surface area (Å²) in [6, 6.07) is 3.33. The predicted octanol–water partition coefficient (Wildman–Crippen LogP) is 2.79. The van der Waals surface area contributed by atoms with Crippen LogP contribution in [-0.4, -0.2) is 37.8 Å². The van der Waals surface area contributed by atoms with Crippen LogP contribution in [0.4, 0.5) is 5.69 Å². The van der Waals surface area contributed by atoms with Gasteiger partial charge >= 0.3 is 0 Å². The maximum Gasteiger partial charge on any atom is 0.243 e. The van der Waals surface area contributed by atoms with E-state index < -0.39 is 10.0 Å². The molecule has 1 amide bonds. The number of rotatable bonds is 7. The van der Waals surface area contributed by atoms with Crippen LogP contribution in [0.25, 0.3) is 0 Å². The van der Waals surface area contributed by atoms with Crippen molar-refractivity contribution < 1.29 is 13.2 Å². The molecule has 0 bridgehead atoms. The second kappa shape index (κ2) is 8.50. The third-order valence-corrected chi connectivity index (χ3v) is 7.45. The first-order valence-electron chi connectivity index (χ1n) is 9.37. The van der Waals surface area contributed by atoms with E-state index in [1.54, 1.807) is 12.1 Å². The molecule has 0 radical (unpaired) electrons. The summed E-state index contributed by atoms with van der Waals surface area (Å²) >= 11 is 0. The molecule has 1 aliphatic rings. The Bertz CT molecular complexity index is 758. The molecule has 1 fully saturated rings. The van der Waals surface area contributed by atoms with Gasteiger partial charge in [-0.05, 0) is 55.9 Å². The van der Waals surface area contributed by atoms with E-state index in [4.69, 9.17) is 5.73 Å². The zero-order chi connectivity index (χ0) is 19.5. The summed E-state index contributed by atoms with van der Waals surface area (Å²) in [7, 11) is -3.57. The van der Waals surface area contributed by atoms with Gasteiger partial charge in [-0.3, -0.25) is 4.79 Å². The third kappa shape index (κ3) is 4.45. The Morgan fingerprint density at radius 3 is 2.42 bits per heavy atom. The van der Waals surface area contributed by atoms with Crippen LogP contribution in [0, 0.1) is 19.8 Å². The fourth-order valence-electron chi connectivity index (χ4n) is 3.58. The van der Waals surface area contributed by atoms with Gasteiger partial charge < -0.3 is 11.1 Å². The van der Waals surface area contributed by atoms with Crippen molar-refractivity contribution in [2.75, 3.05) is 18.4 Å². The Morgan fingerprint density at radius 1 is 1.23 bits per heavy atom. The molecule has 146 valence electrons. The number of nitrogens with two attached hydrogens (primary N) is 1. The Morgan fingerprint density at radius 2 is 1.88 bits per heavy atom. The molecule has 1 saturated carbocycles. The van der Waals surface area contributed by atoms with Crippen LogP contribution in [-0.2, 0) is 14.8 Å². The quantitative estimate of drug-likeness (QED) is 0.759. The molecule has 0 heterocycles.